The molecule has 1 amide bonds. The lowest BCUT2D eigenvalue weighted by Crippen LogP contribution is -2.35. The number of hydrogen-bond donors (Lipinski definition) is 1. The molecule has 3 rings (SSSR count). The zero-order chi connectivity index (χ0) is 16.6. The molecule has 1 aliphatic heterocycles. The Kier molecular flexibility index (Phi) is 3.98. The van der Waals surface area contributed by atoms with E-state index in [9.17, 15) is 9.90 Å². The van der Waals surface area contributed by atoms with E-state index >= 15 is 0 Å². The molecule has 0 saturated carbocycles. The van der Waals surface area contributed by atoms with Gasteiger partial charge in [0.05, 0.1) is 13.7 Å². The van der Waals surface area contributed by atoms with Crippen LogP contribution in [-0.4, -0.2) is 34.6 Å². The molecule has 0 bridgehead atoms. The highest BCUT2D eigenvalue weighted by atomic mass is 16.5. The molecule has 2 aromatic rings. The third kappa shape index (κ3) is 2.88. The first kappa shape index (κ1) is 15.4. The number of nitrogens with zero attached hydrogens (tertiary/aromatic N) is 2. The maximum absolute atomic E-state index is 12.6. The zero-order valence-corrected chi connectivity index (χ0v) is 13.5. The lowest BCUT2D eigenvalue weighted by Gasteiger charge is -2.25. The number of phenolic OH excluding ortho intramolecular Hbond substituents is 1. The summed E-state index contributed by atoms with van der Waals surface area (Å²) >= 11 is 0. The van der Waals surface area contributed by atoms with Crippen molar-refractivity contribution in [2.24, 2.45) is 0 Å². The van der Waals surface area contributed by atoms with Crippen LogP contribution in [0.15, 0.2) is 22.6 Å². The summed E-state index contributed by atoms with van der Waals surface area (Å²) in [6.45, 7) is 5.06. The fourth-order valence-corrected chi connectivity index (χ4v) is 2.64. The maximum Gasteiger partial charge on any atom is 0.254 e. The number of oxazole rings is 1. The predicted octanol–water partition coefficient (Wildman–Crippen LogP) is 2.71. The molecule has 6 nitrogen and oxygen atoms in total. The summed E-state index contributed by atoms with van der Waals surface area (Å²) in [7, 11) is 1.47. The van der Waals surface area contributed by atoms with E-state index in [0.29, 0.717) is 36.7 Å². The summed E-state index contributed by atoms with van der Waals surface area (Å²) in [6, 6.07) is 4.67. The molecule has 6 heteroatoms. The lowest BCUT2D eigenvalue weighted by atomic mass is 10.1. The molecule has 0 atom stereocenters. The number of rotatable bonds is 3. The number of carbonyl (C=O) groups is 1. The second-order valence-corrected chi connectivity index (χ2v) is 5.94. The number of aromatic nitrogens is 1. The summed E-state index contributed by atoms with van der Waals surface area (Å²) in [5, 5.41) is 9.84. The quantitative estimate of drug-likeness (QED) is 0.942. The van der Waals surface area contributed by atoms with Crippen LogP contribution >= 0.6 is 0 Å². The van der Waals surface area contributed by atoms with Gasteiger partial charge in [-0.25, -0.2) is 4.98 Å². The Hall–Kier alpha value is -2.50. The molecule has 23 heavy (non-hydrogen) atoms. The van der Waals surface area contributed by atoms with Crippen LogP contribution in [0.25, 0.3) is 0 Å². The second-order valence-electron chi connectivity index (χ2n) is 5.94. The van der Waals surface area contributed by atoms with Crippen LogP contribution in [-0.2, 0) is 13.0 Å². The van der Waals surface area contributed by atoms with Crippen LogP contribution in [0.3, 0.4) is 0 Å². The third-order valence-electron chi connectivity index (χ3n) is 3.95. The minimum Gasteiger partial charge on any atom is -0.504 e. The maximum atomic E-state index is 12.6. The van der Waals surface area contributed by atoms with Gasteiger partial charge in [0.2, 0.25) is 0 Å². The Bertz CT molecular complexity index is 736. The fraction of sp³-hybridized carbons (Fsp3) is 0.412. The van der Waals surface area contributed by atoms with Gasteiger partial charge in [-0.3, -0.25) is 4.79 Å². The minimum atomic E-state index is -0.136. The van der Waals surface area contributed by atoms with Crippen molar-refractivity contribution >= 4 is 5.91 Å². The van der Waals surface area contributed by atoms with Gasteiger partial charge in [0, 0.05) is 24.4 Å². The van der Waals surface area contributed by atoms with Crippen molar-refractivity contribution in [2.75, 3.05) is 13.7 Å². The number of methoxy groups -OCH3 is 1. The van der Waals surface area contributed by atoms with Crippen LogP contribution in [0.4, 0.5) is 0 Å². The van der Waals surface area contributed by atoms with Crippen LogP contribution in [0.2, 0.25) is 0 Å². The molecule has 0 saturated heterocycles. The monoisotopic (exact) mass is 316 g/mol. The SMILES string of the molecule is COc1ccc(C(=O)N2CCc3oc(C(C)C)nc3C2)cc1O. The van der Waals surface area contributed by atoms with Gasteiger partial charge in [-0.05, 0) is 18.2 Å². The zero-order valence-electron chi connectivity index (χ0n) is 13.5. The molecule has 1 N–H and O–H groups in total. The Morgan fingerprint density at radius 2 is 2.22 bits per heavy atom. The number of benzene rings is 1. The first-order valence-electron chi connectivity index (χ1n) is 7.64. The highest BCUT2D eigenvalue weighted by Crippen LogP contribution is 2.28. The summed E-state index contributed by atoms with van der Waals surface area (Å²) in [6.07, 6.45) is 0.656. The molecular weight excluding hydrogens is 296 g/mol. The second kappa shape index (κ2) is 5.95. The van der Waals surface area contributed by atoms with Gasteiger partial charge in [0.1, 0.15) is 11.5 Å². The van der Waals surface area contributed by atoms with Gasteiger partial charge in [-0.2, -0.15) is 0 Å². The fourth-order valence-electron chi connectivity index (χ4n) is 2.64. The van der Waals surface area contributed by atoms with Gasteiger partial charge in [0.15, 0.2) is 17.4 Å². The van der Waals surface area contributed by atoms with E-state index in [-0.39, 0.29) is 17.6 Å². The molecule has 1 aromatic carbocycles. The Labute approximate surface area is 134 Å². The normalized spacial score (nSPS) is 14.0. The van der Waals surface area contributed by atoms with Gasteiger partial charge < -0.3 is 19.2 Å². The summed E-state index contributed by atoms with van der Waals surface area (Å²) in [5.41, 5.74) is 1.25. The van der Waals surface area contributed by atoms with E-state index in [0.717, 1.165) is 11.5 Å². The van der Waals surface area contributed by atoms with Crippen molar-refractivity contribution in [1.29, 1.82) is 0 Å². The van der Waals surface area contributed by atoms with Crippen LogP contribution in [0.5, 0.6) is 11.5 Å². The molecule has 0 radical (unpaired) electrons. The largest absolute Gasteiger partial charge is 0.504 e. The van der Waals surface area contributed by atoms with E-state index in [4.69, 9.17) is 9.15 Å². The molecule has 0 aliphatic carbocycles. The highest BCUT2D eigenvalue weighted by molar-refractivity contribution is 5.95. The molecule has 122 valence electrons. The molecule has 1 aliphatic rings. The molecule has 0 unspecified atom stereocenters. The molecular formula is C17H20N2O4. The van der Waals surface area contributed by atoms with Crippen molar-refractivity contribution in [3.8, 4) is 11.5 Å². The van der Waals surface area contributed by atoms with Crippen molar-refractivity contribution < 1.29 is 19.1 Å². The average Bonchev–Trinajstić information content (AvgIpc) is 2.97. The molecule has 1 aromatic heterocycles. The van der Waals surface area contributed by atoms with Gasteiger partial charge in [0.25, 0.3) is 5.91 Å². The predicted molar refractivity (Wildman–Crippen MR) is 83.7 cm³/mol. The number of aromatic hydroxyl groups is 1. The summed E-state index contributed by atoms with van der Waals surface area (Å²) in [4.78, 5) is 18.8. The van der Waals surface area contributed by atoms with Crippen molar-refractivity contribution in [3.63, 3.8) is 0 Å². The molecule has 0 spiro atoms. The average molecular weight is 316 g/mol. The Balaban J connectivity index is 1.80. The van der Waals surface area contributed by atoms with E-state index < -0.39 is 0 Å². The smallest absolute Gasteiger partial charge is 0.254 e. The number of fused-ring (bicyclic) bond motifs is 1. The number of hydrogen-bond acceptors (Lipinski definition) is 5. The summed E-state index contributed by atoms with van der Waals surface area (Å²) in [5.74, 6) is 1.98. The Morgan fingerprint density at radius 1 is 1.43 bits per heavy atom. The van der Waals surface area contributed by atoms with Gasteiger partial charge in [-0.1, -0.05) is 13.8 Å². The van der Waals surface area contributed by atoms with E-state index in [1.807, 2.05) is 13.8 Å². The van der Waals surface area contributed by atoms with Crippen LogP contribution < -0.4 is 4.74 Å². The first-order valence-corrected chi connectivity index (χ1v) is 7.64. The van der Waals surface area contributed by atoms with Crippen LogP contribution in [0, 0.1) is 0 Å². The van der Waals surface area contributed by atoms with Crippen molar-refractivity contribution in [1.82, 2.24) is 9.88 Å². The number of carbonyl (C=O) groups excluding carboxylic acids is 1. The van der Waals surface area contributed by atoms with E-state index in [2.05, 4.69) is 4.98 Å². The summed E-state index contributed by atoms with van der Waals surface area (Å²) < 4.78 is 10.7. The van der Waals surface area contributed by atoms with Crippen molar-refractivity contribution in [3.05, 3.63) is 41.1 Å². The lowest BCUT2D eigenvalue weighted by molar-refractivity contribution is 0.0727. The van der Waals surface area contributed by atoms with Crippen molar-refractivity contribution in [2.45, 2.75) is 32.7 Å². The van der Waals surface area contributed by atoms with Gasteiger partial charge in [-0.15, -0.1) is 0 Å². The number of phenols is 1. The molecule has 0 fully saturated rings. The van der Waals surface area contributed by atoms with Gasteiger partial charge >= 0.3 is 0 Å². The van der Waals surface area contributed by atoms with E-state index in [1.54, 1.807) is 17.0 Å². The standard InChI is InChI=1S/C17H20N2O4/c1-10(2)16-18-12-9-19(7-6-14(12)23-16)17(21)11-4-5-15(22-3)13(20)8-11/h4-5,8,10,20H,6-7,9H2,1-3H3. The number of ether oxygens (including phenoxy) is 1. The Morgan fingerprint density at radius 3 is 2.87 bits per heavy atom. The van der Waals surface area contributed by atoms with Crippen LogP contribution in [0.1, 0.15) is 47.5 Å². The topological polar surface area (TPSA) is 75.8 Å². The number of amides is 1. The first-order chi connectivity index (χ1) is 11.0. The minimum absolute atomic E-state index is 0.0421. The highest BCUT2D eigenvalue weighted by Gasteiger charge is 2.27. The van der Waals surface area contributed by atoms with E-state index in [1.165, 1.54) is 13.2 Å². The third-order valence-corrected chi connectivity index (χ3v) is 3.95. The molecule has 2 heterocycles.